The Kier molecular flexibility index (Phi) is 8.22. The number of benzene rings is 3. The van der Waals surface area contributed by atoms with E-state index < -0.39 is 17.8 Å². The number of rotatable bonds is 6. The Morgan fingerprint density at radius 2 is 1.63 bits per heavy atom. The van der Waals surface area contributed by atoms with Crippen molar-refractivity contribution < 1.29 is 24.2 Å². The van der Waals surface area contributed by atoms with Crippen molar-refractivity contribution >= 4 is 12.1 Å². The van der Waals surface area contributed by atoms with Gasteiger partial charge in [-0.15, -0.1) is 0 Å². The fourth-order valence-electron chi connectivity index (χ4n) is 4.87. The molecule has 0 aromatic heterocycles. The van der Waals surface area contributed by atoms with Gasteiger partial charge in [-0.2, -0.15) is 0 Å². The highest BCUT2D eigenvalue weighted by Gasteiger charge is 2.33. The predicted molar refractivity (Wildman–Crippen MR) is 148 cm³/mol. The van der Waals surface area contributed by atoms with Crippen LogP contribution < -0.4 is 0 Å². The van der Waals surface area contributed by atoms with Gasteiger partial charge in [0.15, 0.2) is 0 Å². The number of hydrogen-bond donors (Lipinski definition) is 1. The normalized spacial score (nSPS) is 15.8. The van der Waals surface area contributed by atoms with Crippen LogP contribution in [0.25, 0.3) is 11.1 Å². The molecule has 38 heavy (non-hydrogen) atoms. The van der Waals surface area contributed by atoms with Crippen LogP contribution in [0, 0.1) is 6.92 Å². The highest BCUT2D eigenvalue weighted by atomic mass is 16.6. The standard InChI is InChI=1S/C32H37NO5/c1-21-6-8-24(9-7-21)29(34)20-33(31(36)38-32(2,3)4)28-17-16-23-12-15-26(18-27(23)19-28)22-10-13-25(14-11-22)30(35)37-5/h6-15,18,28-29,34H,16-17,19-20H2,1-5H3/t28-,29-/m0/s1. The second kappa shape index (κ2) is 11.4. The number of hydrogen-bond acceptors (Lipinski definition) is 5. The fourth-order valence-corrected chi connectivity index (χ4v) is 4.87. The maximum Gasteiger partial charge on any atom is 0.410 e. The second-order valence-electron chi connectivity index (χ2n) is 11.0. The van der Waals surface area contributed by atoms with E-state index in [0.29, 0.717) is 12.0 Å². The van der Waals surface area contributed by atoms with Crippen molar-refractivity contribution in [2.24, 2.45) is 0 Å². The lowest BCUT2D eigenvalue weighted by Gasteiger charge is -2.37. The SMILES string of the molecule is COC(=O)c1ccc(-c2ccc3c(c2)C[C@@H](N(C[C@H](O)c2ccc(C)cc2)C(=O)OC(C)(C)C)CC3)cc1. The van der Waals surface area contributed by atoms with E-state index in [4.69, 9.17) is 9.47 Å². The van der Waals surface area contributed by atoms with Crippen LogP contribution in [0.15, 0.2) is 66.7 Å². The summed E-state index contributed by atoms with van der Waals surface area (Å²) in [5.74, 6) is -0.361. The van der Waals surface area contributed by atoms with E-state index in [9.17, 15) is 14.7 Å². The van der Waals surface area contributed by atoms with E-state index in [1.807, 2.05) is 64.1 Å². The molecular formula is C32H37NO5. The molecule has 0 fully saturated rings. The van der Waals surface area contributed by atoms with Crippen LogP contribution in [0.2, 0.25) is 0 Å². The minimum atomic E-state index is -0.816. The van der Waals surface area contributed by atoms with E-state index >= 15 is 0 Å². The molecule has 3 aromatic carbocycles. The van der Waals surface area contributed by atoms with Crippen molar-refractivity contribution in [2.75, 3.05) is 13.7 Å². The predicted octanol–water partition coefficient (Wildman–Crippen LogP) is 6.28. The van der Waals surface area contributed by atoms with Crippen LogP contribution in [0.3, 0.4) is 0 Å². The zero-order chi connectivity index (χ0) is 27.4. The molecule has 6 heteroatoms. The summed E-state index contributed by atoms with van der Waals surface area (Å²) in [6, 6.07) is 21.4. The number of carbonyl (C=O) groups is 2. The Balaban J connectivity index is 1.58. The average Bonchev–Trinajstić information content (AvgIpc) is 2.90. The maximum atomic E-state index is 13.3. The lowest BCUT2D eigenvalue weighted by Crippen LogP contribution is -2.47. The third kappa shape index (κ3) is 6.62. The summed E-state index contributed by atoms with van der Waals surface area (Å²) in [6.07, 6.45) is 1.07. The molecule has 0 bridgehead atoms. The molecule has 0 spiro atoms. The number of amides is 1. The third-order valence-electron chi connectivity index (χ3n) is 6.95. The van der Waals surface area contributed by atoms with Crippen molar-refractivity contribution in [3.8, 4) is 11.1 Å². The molecule has 0 saturated heterocycles. The second-order valence-corrected chi connectivity index (χ2v) is 11.0. The molecule has 0 saturated carbocycles. The minimum absolute atomic E-state index is 0.102. The third-order valence-corrected chi connectivity index (χ3v) is 6.95. The first kappa shape index (κ1) is 27.4. The van der Waals surface area contributed by atoms with Crippen LogP contribution >= 0.6 is 0 Å². The summed E-state index contributed by atoms with van der Waals surface area (Å²) in [5.41, 5.74) is 6.25. The summed E-state index contributed by atoms with van der Waals surface area (Å²) in [5, 5.41) is 11.0. The Bertz CT molecular complexity index is 1270. The lowest BCUT2D eigenvalue weighted by atomic mass is 9.85. The van der Waals surface area contributed by atoms with E-state index in [1.165, 1.54) is 18.2 Å². The summed E-state index contributed by atoms with van der Waals surface area (Å²) in [6.45, 7) is 7.73. The number of aliphatic hydroxyl groups excluding tert-OH is 1. The Hall–Kier alpha value is -3.64. The van der Waals surface area contributed by atoms with Gasteiger partial charge in [0.05, 0.1) is 25.3 Å². The molecule has 1 aliphatic carbocycles. The fraction of sp³-hybridized carbons (Fsp3) is 0.375. The topological polar surface area (TPSA) is 76.1 Å². The first-order chi connectivity index (χ1) is 18.0. The van der Waals surface area contributed by atoms with Gasteiger partial charge in [0, 0.05) is 6.04 Å². The molecule has 200 valence electrons. The van der Waals surface area contributed by atoms with Crippen molar-refractivity contribution in [1.29, 1.82) is 0 Å². The largest absolute Gasteiger partial charge is 0.465 e. The summed E-state index contributed by atoms with van der Waals surface area (Å²) in [7, 11) is 1.37. The van der Waals surface area contributed by atoms with Gasteiger partial charge in [0.2, 0.25) is 0 Å². The number of ether oxygens (including phenoxy) is 2. The summed E-state index contributed by atoms with van der Waals surface area (Å²) >= 11 is 0. The number of nitrogens with zero attached hydrogens (tertiary/aromatic N) is 1. The number of carbonyl (C=O) groups excluding carboxylic acids is 2. The Morgan fingerprint density at radius 1 is 0.974 bits per heavy atom. The van der Waals surface area contributed by atoms with Crippen molar-refractivity contribution in [3.63, 3.8) is 0 Å². The van der Waals surface area contributed by atoms with Gasteiger partial charge in [-0.25, -0.2) is 9.59 Å². The number of aryl methyl sites for hydroxylation is 2. The summed E-state index contributed by atoms with van der Waals surface area (Å²) in [4.78, 5) is 26.8. The Morgan fingerprint density at radius 3 is 2.26 bits per heavy atom. The number of esters is 1. The summed E-state index contributed by atoms with van der Waals surface area (Å²) < 4.78 is 10.6. The zero-order valence-electron chi connectivity index (χ0n) is 22.9. The van der Waals surface area contributed by atoms with Crippen molar-refractivity contribution in [3.05, 3.63) is 94.5 Å². The van der Waals surface area contributed by atoms with Gasteiger partial charge >= 0.3 is 12.1 Å². The first-order valence-corrected chi connectivity index (χ1v) is 13.1. The monoisotopic (exact) mass is 515 g/mol. The van der Waals surface area contributed by atoms with E-state index in [2.05, 4.69) is 18.2 Å². The number of aliphatic hydroxyl groups is 1. The average molecular weight is 516 g/mol. The minimum Gasteiger partial charge on any atom is -0.465 e. The van der Waals surface area contributed by atoms with E-state index in [0.717, 1.165) is 35.1 Å². The molecule has 1 aliphatic rings. The van der Waals surface area contributed by atoms with Crippen LogP contribution in [-0.4, -0.2) is 47.4 Å². The van der Waals surface area contributed by atoms with E-state index in [-0.39, 0.29) is 18.6 Å². The quantitative estimate of drug-likeness (QED) is 0.391. The van der Waals surface area contributed by atoms with Crippen molar-refractivity contribution in [2.45, 2.75) is 64.7 Å². The van der Waals surface area contributed by atoms with Gasteiger partial charge in [-0.1, -0.05) is 60.2 Å². The molecule has 2 atom stereocenters. The van der Waals surface area contributed by atoms with Crippen LogP contribution in [-0.2, 0) is 22.3 Å². The van der Waals surface area contributed by atoms with Gasteiger partial charge in [0.1, 0.15) is 5.60 Å². The first-order valence-electron chi connectivity index (χ1n) is 13.1. The van der Waals surface area contributed by atoms with E-state index in [1.54, 1.807) is 17.0 Å². The maximum absolute atomic E-state index is 13.3. The molecule has 4 rings (SSSR count). The van der Waals surface area contributed by atoms with Gasteiger partial charge in [-0.05, 0) is 86.9 Å². The van der Waals surface area contributed by atoms with Gasteiger partial charge < -0.3 is 19.5 Å². The molecule has 0 aliphatic heterocycles. The van der Waals surface area contributed by atoms with Crippen LogP contribution in [0.5, 0.6) is 0 Å². The molecular weight excluding hydrogens is 478 g/mol. The molecule has 1 amide bonds. The number of methoxy groups -OCH3 is 1. The smallest absolute Gasteiger partial charge is 0.410 e. The molecule has 1 N–H and O–H groups in total. The molecule has 3 aromatic rings. The highest BCUT2D eigenvalue weighted by Crippen LogP contribution is 2.31. The molecule has 0 unspecified atom stereocenters. The Labute approximate surface area is 225 Å². The lowest BCUT2D eigenvalue weighted by molar-refractivity contribution is 0.00194. The van der Waals surface area contributed by atoms with Gasteiger partial charge in [0.25, 0.3) is 0 Å². The molecule has 0 heterocycles. The highest BCUT2D eigenvalue weighted by molar-refractivity contribution is 5.90. The van der Waals surface area contributed by atoms with Crippen molar-refractivity contribution in [1.82, 2.24) is 4.90 Å². The van der Waals surface area contributed by atoms with Crippen LogP contribution in [0.1, 0.15) is 65.9 Å². The van der Waals surface area contributed by atoms with Crippen LogP contribution in [0.4, 0.5) is 4.79 Å². The molecule has 6 nitrogen and oxygen atoms in total. The number of fused-ring (bicyclic) bond motifs is 1. The van der Waals surface area contributed by atoms with Gasteiger partial charge in [-0.3, -0.25) is 0 Å². The molecule has 0 radical (unpaired) electrons. The zero-order valence-corrected chi connectivity index (χ0v) is 22.9.